The molecule has 0 spiro atoms. The molecule has 0 aliphatic carbocycles. The van der Waals surface area contributed by atoms with Gasteiger partial charge in [0.15, 0.2) is 0 Å². The van der Waals surface area contributed by atoms with E-state index in [9.17, 15) is 0 Å². The number of benzene rings is 1. The Morgan fingerprint density at radius 3 is 2.41 bits per heavy atom. The van der Waals surface area contributed by atoms with Crippen LogP contribution in [-0.2, 0) is 0 Å². The van der Waals surface area contributed by atoms with Crippen LogP contribution in [0, 0.1) is 0 Å². The molecule has 0 N–H and O–H groups in total. The predicted molar refractivity (Wildman–Crippen MR) is 71.9 cm³/mol. The van der Waals surface area contributed by atoms with Gasteiger partial charge in [-0.2, -0.15) is 0 Å². The number of guanidine groups is 1. The van der Waals surface area contributed by atoms with Gasteiger partial charge in [0.1, 0.15) is 0 Å². The highest BCUT2D eigenvalue weighted by Gasteiger charge is 2.25. The maximum absolute atomic E-state index is 5.92. The number of aliphatic imine (C=N–C) groups is 1. The molecule has 90 valence electrons. The Bertz CT molecular complexity index is 421. The summed E-state index contributed by atoms with van der Waals surface area (Å²) in [7, 11) is 0. The van der Waals surface area contributed by atoms with E-state index in [4.69, 9.17) is 11.6 Å². The number of anilines is 1. The third-order valence-electron chi connectivity index (χ3n) is 3.35. The lowest BCUT2D eigenvalue weighted by Crippen LogP contribution is -2.40. The van der Waals surface area contributed by atoms with Crippen molar-refractivity contribution in [3.63, 3.8) is 0 Å². The van der Waals surface area contributed by atoms with Gasteiger partial charge >= 0.3 is 0 Å². The second kappa shape index (κ2) is 4.57. The number of hydrogen-bond donors (Lipinski definition) is 0. The highest BCUT2D eigenvalue weighted by atomic mass is 35.5. The molecule has 2 aliphatic rings. The van der Waals surface area contributed by atoms with Gasteiger partial charge in [0, 0.05) is 30.3 Å². The molecular formula is C13H16ClN3. The van der Waals surface area contributed by atoms with Gasteiger partial charge in [-0.3, -0.25) is 4.99 Å². The van der Waals surface area contributed by atoms with E-state index >= 15 is 0 Å². The van der Waals surface area contributed by atoms with Gasteiger partial charge in [-0.1, -0.05) is 11.6 Å². The summed E-state index contributed by atoms with van der Waals surface area (Å²) in [5.41, 5.74) is 1.19. The summed E-state index contributed by atoms with van der Waals surface area (Å²) in [6.45, 7) is 4.16. The Morgan fingerprint density at radius 2 is 1.71 bits per heavy atom. The minimum atomic E-state index is 0.785. The fourth-order valence-corrected chi connectivity index (χ4v) is 2.61. The SMILES string of the molecule is Clc1ccc(N2CCN=C2N2CCCC2)cc1. The molecule has 0 radical (unpaired) electrons. The summed E-state index contributed by atoms with van der Waals surface area (Å²) in [4.78, 5) is 9.32. The Labute approximate surface area is 107 Å². The number of halogens is 1. The lowest BCUT2D eigenvalue weighted by molar-refractivity contribution is 0.512. The van der Waals surface area contributed by atoms with Crippen LogP contribution in [-0.4, -0.2) is 37.0 Å². The molecule has 1 fully saturated rings. The molecule has 0 atom stereocenters. The monoisotopic (exact) mass is 249 g/mol. The first-order chi connectivity index (χ1) is 8.34. The molecule has 3 rings (SSSR count). The van der Waals surface area contributed by atoms with Gasteiger partial charge in [-0.15, -0.1) is 0 Å². The van der Waals surface area contributed by atoms with Crippen molar-refractivity contribution < 1.29 is 0 Å². The van der Waals surface area contributed by atoms with Gasteiger partial charge < -0.3 is 9.80 Å². The third kappa shape index (κ3) is 2.12. The second-order valence-corrected chi connectivity index (χ2v) is 4.94. The van der Waals surface area contributed by atoms with Gasteiger partial charge in [-0.05, 0) is 37.1 Å². The van der Waals surface area contributed by atoms with Crippen molar-refractivity contribution in [2.75, 3.05) is 31.1 Å². The minimum Gasteiger partial charge on any atom is -0.343 e. The Morgan fingerprint density at radius 1 is 1.00 bits per heavy atom. The smallest absolute Gasteiger partial charge is 0.201 e. The van der Waals surface area contributed by atoms with Crippen molar-refractivity contribution in [1.29, 1.82) is 0 Å². The quantitative estimate of drug-likeness (QED) is 0.762. The van der Waals surface area contributed by atoms with E-state index in [1.807, 2.05) is 12.1 Å². The van der Waals surface area contributed by atoms with Crippen molar-refractivity contribution in [1.82, 2.24) is 4.90 Å². The summed E-state index contributed by atoms with van der Waals surface area (Å²) in [5.74, 6) is 1.14. The zero-order chi connectivity index (χ0) is 11.7. The number of nitrogens with zero attached hydrogens (tertiary/aromatic N) is 3. The van der Waals surface area contributed by atoms with Crippen LogP contribution in [0.5, 0.6) is 0 Å². The highest BCUT2D eigenvalue weighted by molar-refractivity contribution is 6.30. The lowest BCUT2D eigenvalue weighted by Gasteiger charge is -2.27. The van der Waals surface area contributed by atoms with Crippen molar-refractivity contribution in [2.24, 2.45) is 4.99 Å². The lowest BCUT2D eigenvalue weighted by atomic mass is 10.3. The van der Waals surface area contributed by atoms with Crippen LogP contribution in [0.1, 0.15) is 12.8 Å². The van der Waals surface area contributed by atoms with E-state index in [1.54, 1.807) is 0 Å². The molecule has 0 aromatic heterocycles. The number of hydrogen-bond acceptors (Lipinski definition) is 3. The van der Waals surface area contributed by atoms with E-state index < -0.39 is 0 Å². The first-order valence-electron chi connectivity index (χ1n) is 6.17. The minimum absolute atomic E-state index is 0.785. The van der Waals surface area contributed by atoms with Crippen molar-refractivity contribution >= 4 is 23.2 Å². The van der Waals surface area contributed by atoms with Gasteiger partial charge in [0.05, 0.1) is 6.54 Å². The molecule has 3 nitrogen and oxygen atoms in total. The van der Waals surface area contributed by atoms with Crippen LogP contribution in [0.15, 0.2) is 29.3 Å². The summed E-state index contributed by atoms with van der Waals surface area (Å²) in [6.07, 6.45) is 2.57. The third-order valence-corrected chi connectivity index (χ3v) is 3.60. The van der Waals surface area contributed by atoms with Crippen LogP contribution in [0.2, 0.25) is 5.02 Å². The largest absolute Gasteiger partial charge is 0.343 e. The first-order valence-corrected chi connectivity index (χ1v) is 6.55. The first kappa shape index (κ1) is 10.9. The molecule has 1 saturated heterocycles. The Kier molecular flexibility index (Phi) is 2.93. The summed E-state index contributed by atoms with van der Waals surface area (Å²) in [6, 6.07) is 8.02. The average Bonchev–Trinajstić information content (AvgIpc) is 3.00. The zero-order valence-electron chi connectivity index (χ0n) is 9.77. The molecule has 1 aromatic carbocycles. The van der Waals surface area contributed by atoms with Gasteiger partial charge in [0.2, 0.25) is 5.96 Å². The van der Waals surface area contributed by atoms with E-state index in [0.717, 1.165) is 37.2 Å². The predicted octanol–water partition coefficient (Wildman–Crippen LogP) is 2.61. The van der Waals surface area contributed by atoms with E-state index in [0.29, 0.717) is 0 Å². The second-order valence-electron chi connectivity index (χ2n) is 4.50. The maximum Gasteiger partial charge on any atom is 0.201 e. The topological polar surface area (TPSA) is 18.8 Å². The van der Waals surface area contributed by atoms with Crippen LogP contribution in [0.4, 0.5) is 5.69 Å². The number of rotatable bonds is 1. The fraction of sp³-hybridized carbons (Fsp3) is 0.462. The normalized spacial score (nSPS) is 19.9. The molecular weight excluding hydrogens is 234 g/mol. The average molecular weight is 250 g/mol. The molecule has 17 heavy (non-hydrogen) atoms. The maximum atomic E-state index is 5.92. The fourth-order valence-electron chi connectivity index (χ4n) is 2.49. The van der Waals surface area contributed by atoms with Crippen LogP contribution in [0.25, 0.3) is 0 Å². The highest BCUT2D eigenvalue weighted by Crippen LogP contribution is 2.23. The van der Waals surface area contributed by atoms with Crippen molar-refractivity contribution in [2.45, 2.75) is 12.8 Å². The molecule has 0 saturated carbocycles. The Hall–Kier alpha value is -1.22. The Balaban J connectivity index is 1.83. The van der Waals surface area contributed by atoms with E-state index in [-0.39, 0.29) is 0 Å². The number of likely N-dealkylation sites (tertiary alicyclic amines) is 1. The van der Waals surface area contributed by atoms with Crippen LogP contribution < -0.4 is 4.90 Å². The van der Waals surface area contributed by atoms with Gasteiger partial charge in [0.25, 0.3) is 0 Å². The standard InChI is InChI=1S/C13H16ClN3/c14-11-3-5-12(6-4-11)17-10-7-15-13(17)16-8-1-2-9-16/h3-6H,1-2,7-10H2. The summed E-state index contributed by atoms with van der Waals surface area (Å²) >= 11 is 5.92. The van der Waals surface area contributed by atoms with Crippen LogP contribution in [0.3, 0.4) is 0 Å². The molecule has 1 aromatic rings. The molecule has 2 aliphatic heterocycles. The molecule has 0 bridgehead atoms. The van der Waals surface area contributed by atoms with E-state index in [1.165, 1.54) is 18.5 Å². The summed E-state index contributed by atoms with van der Waals surface area (Å²) < 4.78 is 0. The molecule has 0 amide bonds. The zero-order valence-corrected chi connectivity index (χ0v) is 10.5. The molecule has 0 unspecified atom stereocenters. The van der Waals surface area contributed by atoms with E-state index in [2.05, 4.69) is 26.9 Å². The molecule has 4 heteroatoms. The molecule has 2 heterocycles. The van der Waals surface area contributed by atoms with Crippen molar-refractivity contribution in [3.8, 4) is 0 Å². The summed E-state index contributed by atoms with van der Waals surface area (Å²) in [5, 5.41) is 0.785. The van der Waals surface area contributed by atoms with Crippen molar-refractivity contribution in [3.05, 3.63) is 29.3 Å². The van der Waals surface area contributed by atoms with Crippen LogP contribution >= 0.6 is 11.6 Å². The van der Waals surface area contributed by atoms with Gasteiger partial charge in [-0.25, -0.2) is 0 Å².